The molecule has 1 fully saturated rings. The van der Waals surface area contributed by atoms with Crippen molar-refractivity contribution in [2.24, 2.45) is 0 Å². The Morgan fingerprint density at radius 3 is 2.24 bits per heavy atom. The Labute approximate surface area is 200 Å². The highest BCUT2D eigenvalue weighted by molar-refractivity contribution is 7.88. The molecule has 0 radical (unpaired) electrons. The maximum Gasteiger partial charge on any atom is 0.211 e. The second-order valence-electron chi connectivity index (χ2n) is 8.05. The third-order valence-electron chi connectivity index (χ3n) is 5.69. The lowest BCUT2D eigenvalue weighted by Gasteiger charge is -2.35. The van der Waals surface area contributed by atoms with E-state index in [1.54, 1.807) is 7.11 Å². The van der Waals surface area contributed by atoms with Gasteiger partial charge in [0.1, 0.15) is 5.82 Å². The molecule has 0 unspecified atom stereocenters. The maximum absolute atomic E-state index is 12.0. The minimum Gasteiger partial charge on any atom is -0.378 e. The number of sulfonamides is 1. The van der Waals surface area contributed by atoms with E-state index in [1.165, 1.54) is 10.6 Å². The summed E-state index contributed by atoms with van der Waals surface area (Å²) in [6, 6.07) is 17.6. The van der Waals surface area contributed by atoms with Gasteiger partial charge in [-0.25, -0.2) is 18.4 Å². The third-order valence-corrected chi connectivity index (χ3v) is 7.24. The molecular weight excluding hydrogens is 460 g/mol. The van der Waals surface area contributed by atoms with E-state index in [4.69, 9.17) is 26.3 Å². The molecule has 33 heavy (non-hydrogen) atoms. The van der Waals surface area contributed by atoms with Crippen LogP contribution in [0, 0.1) is 0 Å². The number of aromatic nitrogens is 2. The summed E-state index contributed by atoms with van der Waals surface area (Å²) in [7, 11) is -1.57. The first kappa shape index (κ1) is 23.6. The number of halogens is 1. The van der Waals surface area contributed by atoms with E-state index in [2.05, 4.69) is 4.90 Å². The molecule has 0 saturated carbocycles. The van der Waals surface area contributed by atoms with E-state index >= 15 is 0 Å². The Morgan fingerprint density at radius 2 is 1.64 bits per heavy atom. The fraction of sp³-hybridized carbons (Fsp3) is 0.333. The van der Waals surface area contributed by atoms with Crippen molar-refractivity contribution in [1.82, 2.24) is 14.3 Å². The van der Waals surface area contributed by atoms with Gasteiger partial charge >= 0.3 is 0 Å². The van der Waals surface area contributed by atoms with Crippen LogP contribution in [-0.2, 0) is 27.8 Å². The van der Waals surface area contributed by atoms with Gasteiger partial charge in [-0.3, -0.25) is 0 Å². The van der Waals surface area contributed by atoms with Crippen molar-refractivity contribution >= 4 is 27.4 Å². The molecule has 0 aliphatic carbocycles. The first-order valence-electron chi connectivity index (χ1n) is 10.7. The van der Waals surface area contributed by atoms with Crippen LogP contribution in [0.4, 0.5) is 5.82 Å². The minimum atomic E-state index is -3.22. The summed E-state index contributed by atoms with van der Waals surface area (Å²) in [4.78, 5) is 12.0. The number of benzene rings is 2. The second kappa shape index (κ2) is 10.2. The Hall–Kier alpha value is -2.52. The van der Waals surface area contributed by atoms with Crippen LogP contribution in [0.1, 0.15) is 16.8 Å². The van der Waals surface area contributed by atoms with Gasteiger partial charge in [-0.05, 0) is 17.7 Å². The van der Waals surface area contributed by atoms with Crippen LogP contribution in [0.3, 0.4) is 0 Å². The van der Waals surface area contributed by atoms with Gasteiger partial charge < -0.3 is 9.64 Å². The molecule has 1 saturated heterocycles. The Bertz CT molecular complexity index is 1200. The van der Waals surface area contributed by atoms with Gasteiger partial charge in [0.05, 0.1) is 18.6 Å². The molecule has 174 valence electrons. The van der Waals surface area contributed by atoms with Crippen molar-refractivity contribution in [3.05, 3.63) is 76.4 Å². The lowest BCUT2D eigenvalue weighted by molar-refractivity contribution is 0.180. The van der Waals surface area contributed by atoms with E-state index in [-0.39, 0.29) is 0 Å². The van der Waals surface area contributed by atoms with Crippen molar-refractivity contribution in [2.45, 2.75) is 13.0 Å². The van der Waals surface area contributed by atoms with Crippen LogP contribution >= 0.6 is 11.6 Å². The standard InChI is InChI=1S/C24H27ClN4O3S/c1-32-17-22-21(16-18-8-10-20(25)11-9-18)24(27-23(26-22)19-6-4-3-5-7-19)28-12-14-29(15-13-28)33(2,30)31/h3-11H,12-17H2,1-2H3. The Balaban J connectivity index is 1.78. The highest BCUT2D eigenvalue weighted by Crippen LogP contribution is 2.29. The van der Waals surface area contributed by atoms with Gasteiger partial charge in [-0.1, -0.05) is 54.1 Å². The lowest BCUT2D eigenvalue weighted by Crippen LogP contribution is -2.49. The minimum absolute atomic E-state index is 0.349. The second-order valence-corrected chi connectivity index (χ2v) is 10.5. The summed E-state index contributed by atoms with van der Waals surface area (Å²) >= 11 is 6.08. The van der Waals surface area contributed by atoms with Gasteiger partial charge in [0, 0.05) is 55.9 Å². The van der Waals surface area contributed by atoms with E-state index in [0.717, 1.165) is 28.2 Å². The molecule has 3 aromatic rings. The number of anilines is 1. The molecule has 1 aliphatic rings. The molecule has 1 aliphatic heterocycles. The first-order chi connectivity index (χ1) is 15.8. The maximum atomic E-state index is 12.0. The van der Waals surface area contributed by atoms with Crippen molar-refractivity contribution < 1.29 is 13.2 Å². The van der Waals surface area contributed by atoms with Gasteiger partial charge in [0.2, 0.25) is 10.0 Å². The summed E-state index contributed by atoms with van der Waals surface area (Å²) in [5, 5.41) is 0.684. The molecule has 1 aromatic heterocycles. The highest BCUT2D eigenvalue weighted by Gasteiger charge is 2.27. The highest BCUT2D eigenvalue weighted by atomic mass is 35.5. The molecule has 7 nitrogen and oxygen atoms in total. The number of hydrogen-bond donors (Lipinski definition) is 0. The zero-order valence-corrected chi connectivity index (χ0v) is 20.3. The number of rotatable bonds is 7. The predicted molar refractivity (Wildman–Crippen MR) is 131 cm³/mol. The largest absolute Gasteiger partial charge is 0.378 e. The molecular formula is C24H27ClN4O3S. The smallest absolute Gasteiger partial charge is 0.211 e. The molecule has 0 bridgehead atoms. The average Bonchev–Trinajstić information content (AvgIpc) is 2.81. The number of piperazine rings is 1. The van der Waals surface area contributed by atoms with Crippen molar-refractivity contribution in [3.63, 3.8) is 0 Å². The van der Waals surface area contributed by atoms with Gasteiger partial charge in [0.15, 0.2) is 5.82 Å². The average molecular weight is 487 g/mol. The number of ether oxygens (including phenoxy) is 1. The molecule has 0 N–H and O–H groups in total. The van der Waals surface area contributed by atoms with Crippen LogP contribution < -0.4 is 4.90 Å². The van der Waals surface area contributed by atoms with Crippen LogP contribution in [0.15, 0.2) is 54.6 Å². The molecule has 0 amide bonds. The van der Waals surface area contributed by atoms with Crippen LogP contribution in [0.2, 0.25) is 5.02 Å². The quantitative estimate of drug-likeness (QED) is 0.507. The van der Waals surface area contributed by atoms with Crippen LogP contribution in [0.25, 0.3) is 11.4 Å². The molecule has 4 rings (SSSR count). The Morgan fingerprint density at radius 1 is 0.970 bits per heavy atom. The van der Waals surface area contributed by atoms with E-state index in [1.807, 2.05) is 54.6 Å². The number of hydrogen-bond acceptors (Lipinski definition) is 6. The summed E-state index contributed by atoms with van der Waals surface area (Å²) in [5.41, 5.74) is 3.81. The molecule has 0 spiro atoms. The summed E-state index contributed by atoms with van der Waals surface area (Å²) in [5.74, 6) is 1.45. The van der Waals surface area contributed by atoms with E-state index in [0.29, 0.717) is 50.1 Å². The SMILES string of the molecule is COCc1nc(-c2ccccc2)nc(N2CCN(S(C)(=O)=O)CC2)c1Cc1ccc(Cl)cc1. The molecule has 9 heteroatoms. The third kappa shape index (κ3) is 5.70. The molecule has 2 heterocycles. The van der Waals surface area contributed by atoms with Gasteiger partial charge in [-0.2, -0.15) is 4.31 Å². The Kier molecular flexibility index (Phi) is 7.29. The fourth-order valence-corrected chi connectivity index (χ4v) is 4.92. The summed E-state index contributed by atoms with van der Waals surface area (Å²) in [6.45, 7) is 2.30. The summed E-state index contributed by atoms with van der Waals surface area (Å²) < 4.78 is 31.0. The van der Waals surface area contributed by atoms with Crippen LogP contribution in [-0.4, -0.2) is 62.2 Å². The number of nitrogens with zero attached hydrogens (tertiary/aromatic N) is 4. The van der Waals surface area contributed by atoms with Gasteiger partial charge in [0.25, 0.3) is 0 Å². The van der Waals surface area contributed by atoms with E-state index < -0.39 is 10.0 Å². The zero-order chi connectivity index (χ0) is 23.4. The predicted octanol–water partition coefficient (Wildman–Crippen LogP) is 3.62. The number of methoxy groups -OCH3 is 1. The van der Waals surface area contributed by atoms with Gasteiger partial charge in [-0.15, -0.1) is 0 Å². The molecule has 0 atom stereocenters. The normalized spacial score (nSPS) is 15.1. The lowest BCUT2D eigenvalue weighted by atomic mass is 10.0. The van der Waals surface area contributed by atoms with Crippen molar-refractivity contribution in [3.8, 4) is 11.4 Å². The summed E-state index contributed by atoms with van der Waals surface area (Å²) in [6.07, 6.45) is 1.87. The van der Waals surface area contributed by atoms with Crippen molar-refractivity contribution in [1.29, 1.82) is 0 Å². The topological polar surface area (TPSA) is 75.6 Å². The fourth-order valence-electron chi connectivity index (χ4n) is 3.97. The zero-order valence-electron chi connectivity index (χ0n) is 18.7. The van der Waals surface area contributed by atoms with E-state index in [9.17, 15) is 8.42 Å². The first-order valence-corrected chi connectivity index (χ1v) is 13.0. The van der Waals surface area contributed by atoms with Crippen molar-refractivity contribution in [2.75, 3.05) is 44.4 Å². The van der Waals surface area contributed by atoms with Crippen LogP contribution in [0.5, 0.6) is 0 Å². The monoisotopic (exact) mass is 486 g/mol. The molecule has 2 aromatic carbocycles.